The zero-order valence-corrected chi connectivity index (χ0v) is 14.8. The molecule has 0 radical (unpaired) electrons. The molecule has 1 aromatic carbocycles. The number of benzene rings is 1. The molecule has 27 heavy (non-hydrogen) atoms. The minimum atomic E-state index is -4.55. The average molecular weight is 382 g/mol. The summed E-state index contributed by atoms with van der Waals surface area (Å²) in [6.45, 7) is 3.12. The largest absolute Gasteiger partial charge is 0.507 e. The van der Waals surface area contributed by atoms with E-state index in [-0.39, 0.29) is 23.9 Å². The van der Waals surface area contributed by atoms with E-state index in [9.17, 15) is 23.4 Å². The smallest absolute Gasteiger partial charge is 0.416 e. The Morgan fingerprint density at radius 3 is 2.67 bits per heavy atom. The molecule has 6 nitrogen and oxygen atoms in total. The predicted octanol–water partition coefficient (Wildman–Crippen LogP) is 2.83. The molecule has 3 rings (SSSR count). The molecule has 1 saturated heterocycles. The van der Waals surface area contributed by atoms with Crippen molar-refractivity contribution >= 4 is 5.82 Å². The Bertz CT molecular complexity index is 821. The molecule has 2 aromatic rings. The van der Waals surface area contributed by atoms with E-state index < -0.39 is 17.5 Å². The number of aromatic nitrogens is 2. The first-order chi connectivity index (χ1) is 12.8. The summed E-state index contributed by atoms with van der Waals surface area (Å²) in [5.41, 5.74) is 0.477. The highest BCUT2D eigenvalue weighted by molar-refractivity contribution is 5.72. The zero-order valence-electron chi connectivity index (χ0n) is 14.8. The molecule has 0 saturated carbocycles. The van der Waals surface area contributed by atoms with Gasteiger partial charge in [0, 0.05) is 23.7 Å². The molecule has 146 valence electrons. The molecule has 0 unspecified atom stereocenters. The first-order valence-electron chi connectivity index (χ1n) is 8.66. The molecular weight excluding hydrogens is 361 g/mol. The van der Waals surface area contributed by atoms with Crippen molar-refractivity contribution in [3.8, 4) is 17.0 Å². The zero-order chi connectivity index (χ0) is 19.6. The van der Waals surface area contributed by atoms with Gasteiger partial charge in [-0.2, -0.15) is 13.2 Å². The Labute approximate surface area is 154 Å². The third-order valence-electron chi connectivity index (χ3n) is 4.72. The molecule has 1 atom stereocenters. The number of phenols is 1. The summed E-state index contributed by atoms with van der Waals surface area (Å²) in [6, 6.07) is 2.86. The Morgan fingerprint density at radius 1 is 1.30 bits per heavy atom. The minimum Gasteiger partial charge on any atom is -0.507 e. The molecular formula is C18H21F3N4O2. The molecule has 1 aliphatic heterocycles. The summed E-state index contributed by atoms with van der Waals surface area (Å²) in [7, 11) is 0. The molecule has 1 aromatic heterocycles. The van der Waals surface area contributed by atoms with Crippen LogP contribution in [0.15, 0.2) is 18.2 Å². The second kappa shape index (κ2) is 7.69. The molecule has 2 heterocycles. The van der Waals surface area contributed by atoms with Crippen LogP contribution in [-0.4, -0.2) is 39.5 Å². The Balaban J connectivity index is 1.95. The van der Waals surface area contributed by atoms with Crippen molar-refractivity contribution in [2.45, 2.75) is 38.6 Å². The summed E-state index contributed by atoms with van der Waals surface area (Å²) in [5, 5.41) is 34.6. The number of piperidine rings is 1. The number of aliphatic hydroxyl groups is 1. The van der Waals surface area contributed by atoms with Gasteiger partial charge in [-0.3, -0.25) is 0 Å². The quantitative estimate of drug-likeness (QED) is 0.650. The number of aliphatic hydroxyl groups excluding tert-OH is 1. The van der Waals surface area contributed by atoms with Gasteiger partial charge in [0.15, 0.2) is 5.82 Å². The van der Waals surface area contributed by atoms with E-state index in [4.69, 9.17) is 0 Å². The lowest BCUT2D eigenvalue weighted by molar-refractivity contribution is -0.137. The monoisotopic (exact) mass is 382 g/mol. The van der Waals surface area contributed by atoms with Crippen LogP contribution in [0.4, 0.5) is 19.0 Å². The number of hydrogen-bond donors (Lipinski definition) is 4. The van der Waals surface area contributed by atoms with Gasteiger partial charge < -0.3 is 20.8 Å². The lowest BCUT2D eigenvalue weighted by Gasteiger charge is -2.25. The van der Waals surface area contributed by atoms with E-state index in [1.54, 1.807) is 6.92 Å². The third kappa shape index (κ3) is 4.14. The molecule has 0 amide bonds. The van der Waals surface area contributed by atoms with Gasteiger partial charge in [0.1, 0.15) is 11.4 Å². The van der Waals surface area contributed by atoms with Gasteiger partial charge in [-0.1, -0.05) is 0 Å². The van der Waals surface area contributed by atoms with E-state index in [0.29, 0.717) is 23.0 Å². The molecule has 0 bridgehead atoms. The highest BCUT2D eigenvalue weighted by atomic mass is 19.4. The molecule has 1 fully saturated rings. The van der Waals surface area contributed by atoms with Crippen LogP contribution in [0.2, 0.25) is 0 Å². The van der Waals surface area contributed by atoms with Gasteiger partial charge in [0.05, 0.1) is 12.2 Å². The van der Waals surface area contributed by atoms with Crippen molar-refractivity contribution in [3.05, 3.63) is 34.9 Å². The maximum Gasteiger partial charge on any atom is 0.416 e. The van der Waals surface area contributed by atoms with Crippen molar-refractivity contribution < 1.29 is 23.4 Å². The van der Waals surface area contributed by atoms with Gasteiger partial charge in [-0.15, -0.1) is 10.2 Å². The van der Waals surface area contributed by atoms with Crippen LogP contribution in [0.3, 0.4) is 0 Å². The Kier molecular flexibility index (Phi) is 5.52. The fraction of sp³-hybridized carbons (Fsp3) is 0.444. The SMILES string of the molecule is Cc1c(-c2ccc(C(F)(F)F)cc2O)nnc(N[C@@H]2CCCNC2)c1CO. The van der Waals surface area contributed by atoms with Gasteiger partial charge in [0.25, 0.3) is 0 Å². The van der Waals surface area contributed by atoms with E-state index >= 15 is 0 Å². The van der Waals surface area contributed by atoms with Crippen LogP contribution < -0.4 is 10.6 Å². The van der Waals surface area contributed by atoms with Crippen LogP contribution in [-0.2, 0) is 12.8 Å². The fourth-order valence-corrected chi connectivity index (χ4v) is 3.20. The number of phenolic OH excluding ortho intramolecular Hbond substituents is 1. The van der Waals surface area contributed by atoms with Gasteiger partial charge >= 0.3 is 6.18 Å². The topological polar surface area (TPSA) is 90.3 Å². The number of aromatic hydroxyl groups is 1. The Morgan fingerprint density at radius 2 is 2.07 bits per heavy atom. The van der Waals surface area contributed by atoms with Gasteiger partial charge in [0.2, 0.25) is 0 Å². The van der Waals surface area contributed by atoms with E-state index in [2.05, 4.69) is 20.8 Å². The molecule has 9 heteroatoms. The normalized spacial score (nSPS) is 17.7. The summed E-state index contributed by atoms with van der Waals surface area (Å²) in [5.74, 6) is -0.0952. The second-order valence-electron chi connectivity index (χ2n) is 6.58. The van der Waals surface area contributed by atoms with Crippen molar-refractivity contribution in [2.24, 2.45) is 0 Å². The van der Waals surface area contributed by atoms with Crippen molar-refractivity contribution in [3.63, 3.8) is 0 Å². The number of anilines is 1. The Hall–Kier alpha value is -2.39. The van der Waals surface area contributed by atoms with Crippen LogP contribution >= 0.6 is 0 Å². The molecule has 0 aliphatic carbocycles. The molecule has 1 aliphatic rings. The lowest BCUT2D eigenvalue weighted by atomic mass is 10.0. The van der Waals surface area contributed by atoms with Crippen molar-refractivity contribution in [1.29, 1.82) is 0 Å². The van der Waals surface area contributed by atoms with Crippen LogP contribution in [0.1, 0.15) is 29.5 Å². The number of alkyl halides is 3. The fourth-order valence-electron chi connectivity index (χ4n) is 3.20. The van der Waals surface area contributed by atoms with Gasteiger partial charge in [-0.05, 0) is 50.1 Å². The predicted molar refractivity (Wildman–Crippen MR) is 94.3 cm³/mol. The molecule has 4 N–H and O–H groups in total. The summed E-state index contributed by atoms with van der Waals surface area (Å²) in [6.07, 6.45) is -2.56. The lowest BCUT2D eigenvalue weighted by Crippen LogP contribution is -2.39. The van der Waals surface area contributed by atoms with Crippen molar-refractivity contribution in [2.75, 3.05) is 18.4 Å². The highest BCUT2D eigenvalue weighted by Gasteiger charge is 2.31. The summed E-state index contributed by atoms with van der Waals surface area (Å²) in [4.78, 5) is 0. The average Bonchev–Trinajstić information content (AvgIpc) is 2.63. The molecule has 0 spiro atoms. The van der Waals surface area contributed by atoms with Gasteiger partial charge in [-0.25, -0.2) is 0 Å². The second-order valence-corrected chi connectivity index (χ2v) is 6.58. The number of halogens is 3. The maximum atomic E-state index is 12.8. The van der Waals surface area contributed by atoms with E-state index in [0.717, 1.165) is 38.1 Å². The maximum absolute atomic E-state index is 12.8. The summed E-state index contributed by atoms with van der Waals surface area (Å²) >= 11 is 0. The van der Waals surface area contributed by atoms with Crippen LogP contribution in [0.5, 0.6) is 5.75 Å². The third-order valence-corrected chi connectivity index (χ3v) is 4.72. The highest BCUT2D eigenvalue weighted by Crippen LogP contribution is 2.37. The van der Waals surface area contributed by atoms with Crippen molar-refractivity contribution in [1.82, 2.24) is 15.5 Å². The first-order valence-corrected chi connectivity index (χ1v) is 8.66. The summed E-state index contributed by atoms with van der Waals surface area (Å²) < 4.78 is 38.4. The van der Waals surface area contributed by atoms with E-state index in [1.165, 1.54) is 0 Å². The number of nitrogens with one attached hydrogen (secondary N) is 2. The van der Waals surface area contributed by atoms with Crippen LogP contribution in [0.25, 0.3) is 11.3 Å². The number of nitrogens with zero attached hydrogens (tertiary/aromatic N) is 2. The number of hydrogen-bond acceptors (Lipinski definition) is 6. The minimum absolute atomic E-state index is 0.133. The standard InChI is InChI=1S/C18H21F3N4O2/c1-10-14(9-26)17(23-12-3-2-6-22-8-12)25-24-16(10)13-5-4-11(7-15(13)27)18(19,20)21/h4-5,7,12,22,26-27H,2-3,6,8-9H2,1H3,(H,23,25)/t12-/m1/s1. The first kappa shape index (κ1) is 19.4. The van der Waals surface area contributed by atoms with Crippen LogP contribution in [0, 0.1) is 6.92 Å². The van der Waals surface area contributed by atoms with E-state index in [1.807, 2.05) is 0 Å². The number of rotatable bonds is 4.